The van der Waals surface area contributed by atoms with Gasteiger partial charge in [0.05, 0.1) is 0 Å². The van der Waals surface area contributed by atoms with Crippen LogP contribution in [0.3, 0.4) is 0 Å². The number of benzene rings is 1. The molecule has 0 spiro atoms. The van der Waals surface area contributed by atoms with Gasteiger partial charge in [0.25, 0.3) is 0 Å². The van der Waals surface area contributed by atoms with E-state index in [1.807, 2.05) is 24.3 Å². The highest BCUT2D eigenvalue weighted by Crippen LogP contribution is 2.27. The van der Waals surface area contributed by atoms with Crippen LogP contribution in [-0.4, -0.2) is 31.1 Å². The maximum Gasteiger partial charge on any atom is 0.119 e. The number of nitrogen functional groups attached to an aromatic ring is 1. The molecule has 106 valence electrons. The molecule has 0 amide bonds. The fraction of sp³-hybridized carbons (Fsp3) is 0.625. The van der Waals surface area contributed by atoms with Gasteiger partial charge in [-0.3, -0.25) is 4.90 Å². The molecule has 2 atom stereocenters. The molecule has 2 N–H and O–H groups in total. The van der Waals surface area contributed by atoms with Crippen LogP contribution in [-0.2, 0) is 0 Å². The van der Waals surface area contributed by atoms with E-state index in [1.165, 1.54) is 25.7 Å². The Morgan fingerprint density at radius 2 is 1.89 bits per heavy atom. The molecule has 0 aliphatic heterocycles. The van der Waals surface area contributed by atoms with Crippen LogP contribution >= 0.6 is 0 Å². The molecule has 1 aliphatic carbocycles. The van der Waals surface area contributed by atoms with Crippen molar-refractivity contribution >= 4 is 5.69 Å². The highest BCUT2D eigenvalue weighted by molar-refractivity contribution is 5.41. The minimum Gasteiger partial charge on any atom is -0.492 e. The van der Waals surface area contributed by atoms with Gasteiger partial charge in [0.2, 0.25) is 0 Å². The predicted octanol–water partition coefficient (Wildman–Crippen LogP) is 3.16. The first-order chi connectivity index (χ1) is 9.16. The van der Waals surface area contributed by atoms with Gasteiger partial charge in [-0.25, -0.2) is 0 Å². The second kappa shape index (κ2) is 6.80. The van der Waals surface area contributed by atoms with Crippen molar-refractivity contribution in [1.29, 1.82) is 0 Å². The zero-order chi connectivity index (χ0) is 13.7. The molecule has 0 radical (unpaired) electrons. The Morgan fingerprint density at radius 1 is 1.21 bits per heavy atom. The third-order valence-corrected chi connectivity index (χ3v) is 4.23. The third kappa shape index (κ3) is 4.13. The third-order valence-electron chi connectivity index (χ3n) is 4.23. The number of hydrogen-bond acceptors (Lipinski definition) is 3. The molecule has 0 aromatic heterocycles. The van der Waals surface area contributed by atoms with Gasteiger partial charge in [0.1, 0.15) is 12.4 Å². The van der Waals surface area contributed by atoms with Crippen LogP contribution in [0.4, 0.5) is 5.69 Å². The molecule has 0 bridgehead atoms. The zero-order valence-electron chi connectivity index (χ0n) is 12.1. The Bertz CT molecular complexity index is 377. The number of anilines is 1. The summed E-state index contributed by atoms with van der Waals surface area (Å²) in [4.78, 5) is 2.46. The number of nitrogens with two attached hydrogens (primary N) is 1. The SMILES string of the molecule is CC1CCCCC1N(C)CCOc1ccc(N)cc1. The highest BCUT2D eigenvalue weighted by atomic mass is 16.5. The summed E-state index contributed by atoms with van der Waals surface area (Å²) < 4.78 is 5.76. The Hall–Kier alpha value is -1.22. The molecular weight excluding hydrogens is 236 g/mol. The number of hydrogen-bond donors (Lipinski definition) is 1. The van der Waals surface area contributed by atoms with Crippen LogP contribution in [0.2, 0.25) is 0 Å². The van der Waals surface area contributed by atoms with Crippen LogP contribution < -0.4 is 10.5 Å². The minimum atomic E-state index is 0.726. The number of rotatable bonds is 5. The summed E-state index contributed by atoms with van der Waals surface area (Å²) in [6.07, 6.45) is 5.47. The number of likely N-dealkylation sites (N-methyl/N-ethyl adjacent to an activating group) is 1. The second-order valence-corrected chi connectivity index (χ2v) is 5.73. The first kappa shape index (κ1) is 14.2. The first-order valence-electron chi connectivity index (χ1n) is 7.35. The zero-order valence-corrected chi connectivity index (χ0v) is 12.1. The van der Waals surface area contributed by atoms with Gasteiger partial charge in [-0.15, -0.1) is 0 Å². The molecule has 1 saturated carbocycles. The lowest BCUT2D eigenvalue weighted by molar-refractivity contribution is 0.120. The van der Waals surface area contributed by atoms with Crippen molar-refractivity contribution in [2.45, 2.75) is 38.6 Å². The van der Waals surface area contributed by atoms with Crippen molar-refractivity contribution in [3.63, 3.8) is 0 Å². The van der Waals surface area contributed by atoms with E-state index < -0.39 is 0 Å². The summed E-state index contributed by atoms with van der Waals surface area (Å²) in [5.74, 6) is 1.72. The Morgan fingerprint density at radius 3 is 2.58 bits per heavy atom. The normalized spacial score (nSPS) is 23.5. The second-order valence-electron chi connectivity index (χ2n) is 5.73. The topological polar surface area (TPSA) is 38.5 Å². The van der Waals surface area contributed by atoms with Crippen LogP contribution in [0.5, 0.6) is 5.75 Å². The summed E-state index contributed by atoms with van der Waals surface area (Å²) >= 11 is 0. The maximum atomic E-state index is 5.76. The summed E-state index contributed by atoms with van der Waals surface area (Å²) in [6, 6.07) is 8.34. The van der Waals surface area contributed by atoms with E-state index in [0.29, 0.717) is 0 Å². The van der Waals surface area contributed by atoms with Gasteiger partial charge in [0.15, 0.2) is 0 Å². The van der Waals surface area contributed by atoms with Gasteiger partial charge in [-0.2, -0.15) is 0 Å². The van der Waals surface area contributed by atoms with E-state index in [2.05, 4.69) is 18.9 Å². The number of nitrogens with zero attached hydrogens (tertiary/aromatic N) is 1. The van der Waals surface area contributed by atoms with Gasteiger partial charge in [-0.1, -0.05) is 19.8 Å². The van der Waals surface area contributed by atoms with Crippen molar-refractivity contribution in [2.24, 2.45) is 5.92 Å². The molecule has 1 aliphatic rings. The van der Waals surface area contributed by atoms with Gasteiger partial charge >= 0.3 is 0 Å². The van der Waals surface area contributed by atoms with E-state index >= 15 is 0 Å². The molecule has 1 aromatic carbocycles. The van der Waals surface area contributed by atoms with Crippen molar-refractivity contribution in [1.82, 2.24) is 4.90 Å². The van der Waals surface area contributed by atoms with E-state index in [-0.39, 0.29) is 0 Å². The summed E-state index contributed by atoms with van der Waals surface area (Å²) in [7, 11) is 2.22. The van der Waals surface area contributed by atoms with E-state index in [0.717, 1.165) is 36.5 Å². The molecule has 1 aromatic rings. The summed E-state index contributed by atoms with van der Waals surface area (Å²) in [5, 5.41) is 0. The minimum absolute atomic E-state index is 0.726. The molecular formula is C16H26N2O. The summed E-state index contributed by atoms with van der Waals surface area (Å²) in [5.41, 5.74) is 6.43. The maximum absolute atomic E-state index is 5.76. The van der Waals surface area contributed by atoms with Crippen LogP contribution in [0.15, 0.2) is 24.3 Å². The van der Waals surface area contributed by atoms with Crippen molar-refractivity contribution in [3.05, 3.63) is 24.3 Å². The standard InChI is InChI=1S/C16H26N2O/c1-13-5-3-4-6-16(13)18(2)11-12-19-15-9-7-14(17)8-10-15/h7-10,13,16H,3-6,11-12,17H2,1-2H3. The number of ether oxygens (including phenoxy) is 1. The van der Waals surface area contributed by atoms with Crippen molar-refractivity contribution in [3.8, 4) is 5.75 Å². The van der Waals surface area contributed by atoms with Gasteiger partial charge in [0, 0.05) is 18.3 Å². The molecule has 1 fully saturated rings. The van der Waals surface area contributed by atoms with Gasteiger partial charge < -0.3 is 10.5 Å². The van der Waals surface area contributed by atoms with Crippen LogP contribution in [0, 0.1) is 5.92 Å². The average Bonchev–Trinajstić information content (AvgIpc) is 2.41. The smallest absolute Gasteiger partial charge is 0.119 e. The van der Waals surface area contributed by atoms with E-state index in [1.54, 1.807) is 0 Å². The molecule has 0 saturated heterocycles. The quantitative estimate of drug-likeness (QED) is 0.828. The molecule has 2 unspecified atom stereocenters. The molecule has 3 nitrogen and oxygen atoms in total. The molecule has 2 rings (SSSR count). The van der Waals surface area contributed by atoms with Gasteiger partial charge in [-0.05, 0) is 50.1 Å². The van der Waals surface area contributed by atoms with E-state index in [4.69, 9.17) is 10.5 Å². The molecule has 0 heterocycles. The average molecular weight is 262 g/mol. The molecule has 3 heteroatoms. The molecule has 19 heavy (non-hydrogen) atoms. The Labute approximate surface area is 116 Å². The lowest BCUT2D eigenvalue weighted by atomic mass is 9.85. The summed E-state index contributed by atoms with van der Waals surface area (Å²) in [6.45, 7) is 4.10. The lowest BCUT2D eigenvalue weighted by Crippen LogP contribution is -2.40. The Kier molecular flexibility index (Phi) is 5.08. The van der Waals surface area contributed by atoms with Crippen molar-refractivity contribution in [2.75, 3.05) is 25.9 Å². The van der Waals surface area contributed by atoms with Crippen LogP contribution in [0.25, 0.3) is 0 Å². The fourth-order valence-electron chi connectivity index (χ4n) is 2.99. The highest BCUT2D eigenvalue weighted by Gasteiger charge is 2.24. The lowest BCUT2D eigenvalue weighted by Gasteiger charge is -2.36. The fourth-order valence-corrected chi connectivity index (χ4v) is 2.99. The predicted molar refractivity (Wildman–Crippen MR) is 80.4 cm³/mol. The Balaban J connectivity index is 1.74. The monoisotopic (exact) mass is 262 g/mol. The van der Waals surface area contributed by atoms with E-state index in [9.17, 15) is 0 Å². The van der Waals surface area contributed by atoms with Crippen LogP contribution in [0.1, 0.15) is 32.6 Å². The largest absolute Gasteiger partial charge is 0.492 e. The first-order valence-corrected chi connectivity index (χ1v) is 7.35. The van der Waals surface area contributed by atoms with Crippen molar-refractivity contribution < 1.29 is 4.74 Å².